The maximum absolute atomic E-state index is 12.0. The lowest BCUT2D eigenvalue weighted by molar-refractivity contribution is -0.114. The smallest absolute Gasteiger partial charge is 0.253 e. The van der Waals surface area contributed by atoms with Gasteiger partial charge in [-0.05, 0) is 46.9 Å². The van der Waals surface area contributed by atoms with Crippen molar-refractivity contribution in [2.24, 2.45) is 0 Å². The molecule has 0 saturated heterocycles. The van der Waals surface area contributed by atoms with Crippen molar-refractivity contribution < 1.29 is 14.3 Å². The van der Waals surface area contributed by atoms with Gasteiger partial charge in [-0.15, -0.1) is 0 Å². The summed E-state index contributed by atoms with van der Waals surface area (Å²) in [5.41, 5.74) is 1.30. The Bertz CT molecular complexity index is 825. The zero-order valence-electron chi connectivity index (χ0n) is 13.6. The first-order valence-corrected chi connectivity index (χ1v) is 8.63. The van der Waals surface area contributed by atoms with E-state index in [4.69, 9.17) is 4.74 Å². The van der Waals surface area contributed by atoms with Gasteiger partial charge in [-0.2, -0.15) is 0 Å². The lowest BCUT2D eigenvalue weighted by Gasteiger charge is -2.05. The molecule has 2 amide bonds. The molecule has 6 heteroatoms. The highest BCUT2D eigenvalue weighted by Crippen LogP contribution is 2.17. The van der Waals surface area contributed by atoms with E-state index in [2.05, 4.69) is 45.1 Å². The molecule has 128 valence electrons. The summed E-state index contributed by atoms with van der Waals surface area (Å²) >= 11 is 2.12. The van der Waals surface area contributed by atoms with Crippen molar-refractivity contribution in [1.82, 2.24) is 5.32 Å². The van der Waals surface area contributed by atoms with E-state index >= 15 is 0 Å². The van der Waals surface area contributed by atoms with Crippen molar-refractivity contribution in [2.45, 2.75) is 6.92 Å². The maximum atomic E-state index is 12.0. The van der Waals surface area contributed by atoms with Gasteiger partial charge in [0.25, 0.3) is 5.91 Å². The molecule has 0 heterocycles. The quantitative estimate of drug-likeness (QED) is 0.546. The molecule has 0 radical (unpaired) electrons. The first-order chi connectivity index (χ1) is 12.1. The molecule has 2 aromatic carbocycles. The first-order valence-electron chi connectivity index (χ1n) is 7.55. The Morgan fingerprint density at radius 2 is 1.92 bits per heavy atom. The van der Waals surface area contributed by atoms with Gasteiger partial charge in [0.1, 0.15) is 12.4 Å². The number of nitrogens with one attached hydrogen (secondary N) is 2. The van der Waals surface area contributed by atoms with Crippen LogP contribution >= 0.6 is 22.6 Å². The minimum atomic E-state index is -0.150. The number of halogens is 1. The summed E-state index contributed by atoms with van der Waals surface area (Å²) in [6.45, 7) is 1.89. The molecule has 2 rings (SSSR count). The number of hydrogen-bond donors (Lipinski definition) is 2. The average molecular weight is 448 g/mol. The van der Waals surface area contributed by atoms with E-state index in [0.29, 0.717) is 17.0 Å². The molecule has 2 aromatic rings. The molecule has 0 aliphatic rings. The SMILES string of the molecule is CC(=O)Nc1cccc(OCC#CCNC(=O)c2ccccc2I)c1. The van der Waals surface area contributed by atoms with Crippen LogP contribution in [-0.2, 0) is 4.79 Å². The number of amides is 2. The molecule has 0 aromatic heterocycles. The molecule has 0 aliphatic carbocycles. The third-order valence-electron chi connectivity index (χ3n) is 3.05. The molecule has 25 heavy (non-hydrogen) atoms. The molecule has 0 unspecified atom stereocenters. The molecule has 2 N–H and O–H groups in total. The van der Waals surface area contributed by atoms with Crippen molar-refractivity contribution in [1.29, 1.82) is 0 Å². The third-order valence-corrected chi connectivity index (χ3v) is 3.99. The molecule has 0 fully saturated rings. The van der Waals surface area contributed by atoms with Crippen LogP contribution in [0.1, 0.15) is 17.3 Å². The fraction of sp³-hybridized carbons (Fsp3) is 0.158. The Morgan fingerprint density at radius 1 is 1.12 bits per heavy atom. The van der Waals surface area contributed by atoms with Gasteiger partial charge in [0.05, 0.1) is 12.1 Å². The largest absolute Gasteiger partial charge is 0.481 e. The average Bonchev–Trinajstić information content (AvgIpc) is 2.58. The molecular formula is C19H17IN2O3. The second-order valence-electron chi connectivity index (χ2n) is 5.01. The van der Waals surface area contributed by atoms with Crippen molar-refractivity contribution >= 4 is 40.1 Å². The minimum Gasteiger partial charge on any atom is -0.481 e. The summed E-state index contributed by atoms with van der Waals surface area (Å²) in [4.78, 5) is 23.0. The van der Waals surface area contributed by atoms with E-state index in [1.165, 1.54) is 6.92 Å². The fourth-order valence-electron chi connectivity index (χ4n) is 1.96. The predicted octanol–water partition coefficient (Wildman–Crippen LogP) is 3.06. The topological polar surface area (TPSA) is 67.4 Å². The number of rotatable bonds is 5. The van der Waals surface area contributed by atoms with Crippen LogP contribution in [0.25, 0.3) is 0 Å². The molecule has 5 nitrogen and oxygen atoms in total. The molecule has 0 spiro atoms. The van der Waals surface area contributed by atoms with E-state index in [-0.39, 0.29) is 25.0 Å². The Hall–Kier alpha value is -2.53. The van der Waals surface area contributed by atoms with Crippen LogP contribution in [0.15, 0.2) is 48.5 Å². The predicted molar refractivity (Wildman–Crippen MR) is 106 cm³/mol. The van der Waals surface area contributed by atoms with E-state index in [1.54, 1.807) is 30.3 Å². The number of hydrogen-bond acceptors (Lipinski definition) is 3. The zero-order chi connectivity index (χ0) is 18.1. The summed E-state index contributed by atoms with van der Waals surface area (Å²) in [6.07, 6.45) is 0. The van der Waals surface area contributed by atoms with Crippen molar-refractivity contribution in [3.63, 3.8) is 0 Å². The zero-order valence-corrected chi connectivity index (χ0v) is 15.8. The lowest BCUT2D eigenvalue weighted by atomic mass is 10.2. The normalized spacial score (nSPS) is 9.52. The van der Waals surface area contributed by atoms with Crippen molar-refractivity contribution in [2.75, 3.05) is 18.5 Å². The number of carbonyl (C=O) groups excluding carboxylic acids is 2. The van der Waals surface area contributed by atoms with Crippen LogP contribution in [0.3, 0.4) is 0 Å². The molecule has 0 bridgehead atoms. The molecule has 0 aliphatic heterocycles. The Labute approximate surface area is 160 Å². The minimum absolute atomic E-state index is 0.138. The van der Waals surface area contributed by atoms with Crippen molar-refractivity contribution in [3.8, 4) is 17.6 Å². The van der Waals surface area contributed by atoms with Gasteiger partial charge >= 0.3 is 0 Å². The Kier molecular flexibility index (Phi) is 7.29. The summed E-state index contributed by atoms with van der Waals surface area (Å²) in [5.74, 6) is 6.01. The Balaban J connectivity index is 1.77. The third kappa shape index (κ3) is 6.47. The van der Waals surface area contributed by atoms with Gasteiger partial charge in [-0.25, -0.2) is 0 Å². The van der Waals surface area contributed by atoms with Gasteiger partial charge < -0.3 is 15.4 Å². The van der Waals surface area contributed by atoms with Gasteiger partial charge in [-0.3, -0.25) is 9.59 Å². The highest BCUT2D eigenvalue weighted by Gasteiger charge is 2.06. The number of ether oxygens (including phenoxy) is 1. The molecule has 0 saturated carbocycles. The van der Waals surface area contributed by atoms with Crippen LogP contribution in [0.5, 0.6) is 5.75 Å². The standard InChI is InChI=1S/C19H17IN2O3/c1-14(23)22-15-7-6-8-16(13-15)25-12-5-4-11-21-19(24)17-9-2-3-10-18(17)20/h2-3,6-10,13H,11-12H2,1H3,(H,21,24)(H,22,23). The van der Waals surface area contributed by atoms with Gasteiger partial charge in [0, 0.05) is 22.2 Å². The summed E-state index contributed by atoms with van der Waals surface area (Å²) < 4.78 is 6.40. The fourth-order valence-corrected chi connectivity index (χ4v) is 2.60. The second-order valence-corrected chi connectivity index (χ2v) is 6.18. The highest BCUT2D eigenvalue weighted by atomic mass is 127. The van der Waals surface area contributed by atoms with Crippen LogP contribution in [0, 0.1) is 15.4 Å². The van der Waals surface area contributed by atoms with E-state index in [0.717, 1.165) is 3.57 Å². The van der Waals surface area contributed by atoms with E-state index < -0.39 is 0 Å². The van der Waals surface area contributed by atoms with Crippen LogP contribution in [0.2, 0.25) is 0 Å². The summed E-state index contributed by atoms with van der Waals surface area (Å²) in [5, 5.41) is 5.43. The monoisotopic (exact) mass is 448 g/mol. The first kappa shape index (κ1) is 18.8. The van der Waals surface area contributed by atoms with Crippen molar-refractivity contribution in [3.05, 3.63) is 57.7 Å². The van der Waals surface area contributed by atoms with Crippen LogP contribution in [0.4, 0.5) is 5.69 Å². The number of carbonyl (C=O) groups is 2. The van der Waals surface area contributed by atoms with E-state index in [9.17, 15) is 9.59 Å². The Morgan fingerprint density at radius 3 is 2.68 bits per heavy atom. The summed E-state index contributed by atoms with van der Waals surface area (Å²) in [7, 11) is 0. The molecule has 0 atom stereocenters. The van der Waals surface area contributed by atoms with Gasteiger partial charge in [0.15, 0.2) is 0 Å². The van der Waals surface area contributed by atoms with E-state index in [1.807, 2.05) is 18.2 Å². The maximum Gasteiger partial charge on any atom is 0.253 e. The summed E-state index contributed by atoms with van der Waals surface area (Å²) in [6, 6.07) is 14.4. The van der Waals surface area contributed by atoms with Crippen LogP contribution in [-0.4, -0.2) is 25.0 Å². The van der Waals surface area contributed by atoms with Gasteiger partial charge in [-0.1, -0.05) is 30.0 Å². The van der Waals surface area contributed by atoms with Gasteiger partial charge in [0.2, 0.25) is 5.91 Å². The highest BCUT2D eigenvalue weighted by molar-refractivity contribution is 14.1. The second kappa shape index (κ2) is 9.69. The number of anilines is 1. The lowest BCUT2D eigenvalue weighted by Crippen LogP contribution is -2.24. The number of benzene rings is 2. The van der Waals surface area contributed by atoms with Crippen LogP contribution < -0.4 is 15.4 Å². The molecular weight excluding hydrogens is 431 g/mol.